The van der Waals surface area contributed by atoms with Gasteiger partial charge in [0.05, 0.1) is 18.8 Å². The number of hydrogen-bond donors (Lipinski definition) is 0. The molecule has 32 heavy (non-hydrogen) atoms. The average molecular weight is 500 g/mol. The number of thioether (sulfide) groups is 4. The quantitative estimate of drug-likeness (QED) is 0.257. The van der Waals surface area contributed by atoms with Crippen molar-refractivity contribution < 1.29 is 18.9 Å². The minimum atomic E-state index is -0.602. The van der Waals surface area contributed by atoms with Crippen molar-refractivity contribution in [2.45, 2.75) is 0 Å². The van der Waals surface area contributed by atoms with Gasteiger partial charge in [-0.25, -0.2) is 0 Å². The number of furan rings is 1. The Hall–Kier alpha value is -2.66. The third-order valence-electron chi connectivity index (χ3n) is 4.00. The van der Waals surface area contributed by atoms with Gasteiger partial charge in [0.1, 0.15) is 10.7 Å². The van der Waals surface area contributed by atoms with Crippen molar-refractivity contribution in [1.82, 2.24) is 0 Å². The van der Waals surface area contributed by atoms with Crippen molar-refractivity contribution in [3.05, 3.63) is 113 Å². The van der Waals surface area contributed by atoms with Gasteiger partial charge in [-0.1, -0.05) is 84.2 Å². The van der Waals surface area contributed by atoms with E-state index in [1.165, 1.54) is 35.7 Å². The predicted octanol–water partition coefficient (Wildman–Crippen LogP) is 7.24. The van der Waals surface area contributed by atoms with Crippen LogP contribution in [0.5, 0.6) is 0 Å². The second kappa shape index (κ2) is 10.3. The molecule has 0 bridgehead atoms. The third-order valence-corrected chi connectivity index (χ3v) is 9.05. The van der Waals surface area contributed by atoms with Gasteiger partial charge in [-0.05, 0) is 29.6 Å². The van der Waals surface area contributed by atoms with Gasteiger partial charge >= 0.3 is 5.88 Å². The summed E-state index contributed by atoms with van der Waals surface area (Å²) in [5.74, 6) is -0.0217. The SMILES string of the molecule is O=C(SC1=C(SC(=O)c2ccccc2)SC(=Cc2ccc([N+](=O)[O-])o2)S1)c1ccccc1. The van der Waals surface area contributed by atoms with Crippen molar-refractivity contribution in [1.29, 1.82) is 0 Å². The lowest BCUT2D eigenvalue weighted by molar-refractivity contribution is -0.402. The summed E-state index contributed by atoms with van der Waals surface area (Å²) in [5.41, 5.74) is 1.13. The lowest BCUT2D eigenvalue weighted by Gasteiger charge is -2.04. The summed E-state index contributed by atoms with van der Waals surface area (Å²) >= 11 is 4.79. The zero-order chi connectivity index (χ0) is 22.5. The molecule has 2 aromatic carbocycles. The zero-order valence-corrected chi connectivity index (χ0v) is 19.4. The predicted molar refractivity (Wildman–Crippen MR) is 132 cm³/mol. The van der Waals surface area contributed by atoms with Crippen LogP contribution in [0.15, 0.2) is 89.9 Å². The highest BCUT2D eigenvalue weighted by molar-refractivity contribution is 8.44. The van der Waals surface area contributed by atoms with Crippen molar-refractivity contribution in [2.24, 2.45) is 0 Å². The van der Waals surface area contributed by atoms with Gasteiger partial charge in [-0.3, -0.25) is 19.7 Å². The molecule has 4 rings (SSSR count). The number of nitrogens with zero attached hydrogens (tertiary/aromatic N) is 1. The van der Waals surface area contributed by atoms with Crippen molar-refractivity contribution in [3.8, 4) is 0 Å². The monoisotopic (exact) mass is 499 g/mol. The molecule has 2 heterocycles. The molecule has 0 saturated heterocycles. The minimum Gasteiger partial charge on any atom is -0.401 e. The molecule has 0 aliphatic carbocycles. The molecule has 0 unspecified atom stereocenters. The van der Waals surface area contributed by atoms with E-state index in [0.29, 0.717) is 25.4 Å². The second-order valence-corrected chi connectivity index (χ2v) is 11.0. The van der Waals surface area contributed by atoms with Crippen LogP contribution in [0.3, 0.4) is 0 Å². The number of rotatable bonds is 6. The summed E-state index contributed by atoms with van der Waals surface area (Å²) in [6, 6.07) is 20.6. The number of hydrogen-bond acceptors (Lipinski definition) is 9. The maximum atomic E-state index is 12.7. The highest BCUT2D eigenvalue weighted by Crippen LogP contribution is 2.58. The molecule has 1 aromatic heterocycles. The Bertz CT molecular complexity index is 1170. The standard InChI is InChI=1S/C22H13NO5S4/c24-19(14-7-3-1-4-8-14)31-21-22(32-20(25)15-9-5-2-6-10-15)30-18(29-21)13-16-11-12-17(28-16)23(26)27/h1-13H. The molecule has 6 nitrogen and oxygen atoms in total. The van der Waals surface area contributed by atoms with E-state index in [9.17, 15) is 19.7 Å². The molecule has 0 spiro atoms. The Labute approximate surface area is 200 Å². The van der Waals surface area contributed by atoms with Gasteiger partial charge in [0.2, 0.25) is 10.2 Å². The average Bonchev–Trinajstić information content (AvgIpc) is 3.42. The highest BCUT2D eigenvalue weighted by atomic mass is 32.3. The van der Waals surface area contributed by atoms with E-state index >= 15 is 0 Å². The van der Waals surface area contributed by atoms with Crippen LogP contribution in [0.4, 0.5) is 5.88 Å². The summed E-state index contributed by atoms with van der Waals surface area (Å²) < 4.78 is 7.33. The zero-order valence-electron chi connectivity index (χ0n) is 16.1. The lowest BCUT2D eigenvalue weighted by Crippen LogP contribution is -1.94. The molecular weight excluding hydrogens is 487 g/mol. The van der Waals surface area contributed by atoms with E-state index < -0.39 is 4.92 Å². The molecule has 0 fully saturated rings. The van der Waals surface area contributed by atoms with E-state index in [2.05, 4.69) is 0 Å². The molecule has 1 aliphatic rings. The van der Waals surface area contributed by atoms with Gasteiger partial charge in [0.25, 0.3) is 0 Å². The molecular formula is C22H13NO5S4. The van der Waals surface area contributed by atoms with E-state index in [1.807, 2.05) is 12.1 Å². The van der Waals surface area contributed by atoms with Crippen LogP contribution < -0.4 is 0 Å². The molecule has 0 radical (unpaired) electrons. The van der Waals surface area contributed by atoms with E-state index in [0.717, 1.165) is 27.8 Å². The first kappa shape index (κ1) is 22.5. The Morgan fingerprint density at radius 1 is 0.812 bits per heavy atom. The first-order valence-electron chi connectivity index (χ1n) is 9.10. The third kappa shape index (κ3) is 5.57. The summed E-state index contributed by atoms with van der Waals surface area (Å²) in [6.07, 6.45) is 1.66. The molecule has 0 saturated carbocycles. The number of nitro groups is 1. The van der Waals surface area contributed by atoms with Gasteiger partial charge in [0.15, 0.2) is 0 Å². The van der Waals surface area contributed by atoms with Crippen molar-refractivity contribution >= 4 is 69.2 Å². The van der Waals surface area contributed by atoms with Gasteiger partial charge < -0.3 is 4.42 Å². The smallest absolute Gasteiger partial charge is 0.401 e. The van der Waals surface area contributed by atoms with E-state index in [4.69, 9.17) is 4.42 Å². The largest absolute Gasteiger partial charge is 0.433 e. The Morgan fingerprint density at radius 3 is 1.75 bits per heavy atom. The van der Waals surface area contributed by atoms with Crippen LogP contribution in [0.2, 0.25) is 0 Å². The molecule has 0 N–H and O–H groups in total. The van der Waals surface area contributed by atoms with Crippen LogP contribution in [0.1, 0.15) is 26.5 Å². The van der Waals surface area contributed by atoms with Crippen LogP contribution in [0, 0.1) is 10.1 Å². The fourth-order valence-corrected chi connectivity index (χ4v) is 7.74. The van der Waals surface area contributed by atoms with Crippen LogP contribution in [0.25, 0.3) is 6.08 Å². The molecule has 0 amide bonds. The molecule has 1 aliphatic heterocycles. The maximum absolute atomic E-state index is 12.7. The Balaban J connectivity index is 1.57. The number of carbonyl (C=O) groups is 2. The summed E-state index contributed by atoms with van der Waals surface area (Å²) in [4.78, 5) is 35.7. The maximum Gasteiger partial charge on any atom is 0.433 e. The number of carbonyl (C=O) groups excluding carboxylic acids is 2. The van der Waals surface area contributed by atoms with E-state index in [-0.39, 0.29) is 16.1 Å². The highest BCUT2D eigenvalue weighted by Gasteiger charge is 2.27. The molecule has 3 aromatic rings. The Morgan fingerprint density at radius 2 is 1.31 bits per heavy atom. The Kier molecular flexibility index (Phi) is 7.26. The lowest BCUT2D eigenvalue weighted by atomic mass is 10.2. The molecule has 0 atom stereocenters. The fourth-order valence-electron chi connectivity index (χ4n) is 2.54. The van der Waals surface area contributed by atoms with E-state index in [1.54, 1.807) is 54.6 Å². The topological polar surface area (TPSA) is 90.4 Å². The molecule has 10 heteroatoms. The first-order chi connectivity index (χ1) is 15.5. The van der Waals surface area contributed by atoms with Crippen molar-refractivity contribution in [2.75, 3.05) is 0 Å². The summed E-state index contributed by atoms with van der Waals surface area (Å²) in [6.45, 7) is 0. The first-order valence-corrected chi connectivity index (χ1v) is 12.4. The van der Waals surface area contributed by atoms with Crippen LogP contribution in [-0.4, -0.2) is 15.2 Å². The van der Waals surface area contributed by atoms with Gasteiger partial charge in [-0.2, -0.15) is 0 Å². The summed E-state index contributed by atoms with van der Waals surface area (Å²) in [5, 5.41) is 10.6. The van der Waals surface area contributed by atoms with Crippen LogP contribution in [-0.2, 0) is 0 Å². The normalized spacial score (nSPS) is 13.3. The van der Waals surface area contributed by atoms with Gasteiger partial charge in [-0.15, -0.1) is 0 Å². The van der Waals surface area contributed by atoms with Gasteiger partial charge in [0, 0.05) is 17.2 Å². The second-order valence-electron chi connectivity index (χ2n) is 6.19. The number of benzene rings is 2. The minimum absolute atomic E-state index is 0.131. The summed E-state index contributed by atoms with van der Waals surface area (Å²) in [7, 11) is 0. The van der Waals surface area contributed by atoms with Crippen LogP contribution >= 0.6 is 47.0 Å². The fraction of sp³-hybridized carbons (Fsp3) is 0. The molecule has 160 valence electrons. The van der Waals surface area contributed by atoms with Crippen molar-refractivity contribution in [3.63, 3.8) is 0 Å².